The van der Waals surface area contributed by atoms with Crippen molar-refractivity contribution in [3.8, 4) is 0 Å². The number of halogens is 2. The van der Waals surface area contributed by atoms with Gasteiger partial charge < -0.3 is 5.32 Å². The summed E-state index contributed by atoms with van der Waals surface area (Å²) in [6.07, 6.45) is -0.671. The summed E-state index contributed by atoms with van der Waals surface area (Å²) < 4.78 is 12.1. The number of alkyl halides is 1. The topological polar surface area (TPSA) is 29.1 Å². The molecular weight excluding hydrogens is 145 g/mol. The fourth-order valence-corrected chi connectivity index (χ4v) is 0.678. The second-order valence-corrected chi connectivity index (χ2v) is 1.76. The van der Waals surface area contributed by atoms with E-state index in [9.17, 15) is 9.18 Å². The van der Waals surface area contributed by atoms with Crippen LogP contribution in [0.15, 0.2) is 5.70 Å². The molecule has 1 fully saturated rings. The third kappa shape index (κ3) is 2.04. The van der Waals surface area contributed by atoms with Crippen LogP contribution >= 0.6 is 12.4 Å². The Morgan fingerprint density at radius 3 is 2.67 bits per heavy atom. The molecule has 0 aromatic carbocycles. The van der Waals surface area contributed by atoms with E-state index in [1.807, 2.05) is 0 Å². The van der Waals surface area contributed by atoms with E-state index in [2.05, 4.69) is 5.32 Å². The van der Waals surface area contributed by atoms with E-state index in [0.29, 0.717) is 5.70 Å². The van der Waals surface area contributed by atoms with Crippen LogP contribution in [0.2, 0.25) is 0 Å². The van der Waals surface area contributed by atoms with Gasteiger partial charge in [0.2, 0.25) is 0 Å². The minimum Gasteiger partial charge on any atom is -0.376 e. The van der Waals surface area contributed by atoms with Crippen LogP contribution in [0.5, 0.6) is 0 Å². The summed E-state index contributed by atoms with van der Waals surface area (Å²) in [4.78, 5) is 9.76. The fourth-order valence-electron chi connectivity index (χ4n) is 0.678. The van der Waals surface area contributed by atoms with E-state index in [0.717, 1.165) is 0 Å². The van der Waals surface area contributed by atoms with Gasteiger partial charge in [-0.1, -0.05) is 0 Å². The van der Waals surface area contributed by atoms with Crippen molar-refractivity contribution in [2.24, 2.45) is 0 Å². The quantitative estimate of drug-likeness (QED) is 0.510. The highest BCUT2D eigenvalue weighted by atomic mass is 35.5. The first-order valence-corrected chi connectivity index (χ1v) is 2.45. The highest BCUT2D eigenvalue weighted by molar-refractivity contribution is 5.85. The minimum atomic E-state index is -0.883. The number of rotatable bonds is 0. The monoisotopic (exact) mass is 151 g/mol. The Morgan fingerprint density at radius 2 is 2.44 bits per heavy atom. The molecule has 1 rings (SSSR count). The van der Waals surface area contributed by atoms with Gasteiger partial charge in [-0.15, -0.1) is 12.4 Å². The molecule has 0 spiro atoms. The predicted molar refractivity (Wildman–Crippen MR) is 34.0 cm³/mol. The average Bonchev–Trinajstić information content (AvgIpc) is 2.14. The molecule has 52 valence electrons. The zero-order valence-electron chi connectivity index (χ0n) is 4.69. The summed E-state index contributed by atoms with van der Waals surface area (Å²) >= 11 is 0. The fraction of sp³-hybridized carbons (Fsp3) is 0.600. The molecule has 1 aliphatic rings. The lowest BCUT2D eigenvalue weighted by Gasteiger charge is -1.85. The molecule has 2 nitrogen and oxygen atoms in total. The maximum absolute atomic E-state index is 12.1. The summed E-state index contributed by atoms with van der Waals surface area (Å²) in [6.45, 7) is 0.268. The summed E-state index contributed by atoms with van der Waals surface area (Å²) in [6, 6.07) is 0. The molecule has 0 aromatic heterocycles. The number of allylic oxidation sites excluding steroid dienone is 1. The van der Waals surface area contributed by atoms with E-state index in [4.69, 9.17) is 0 Å². The molecule has 0 aliphatic carbocycles. The van der Waals surface area contributed by atoms with Gasteiger partial charge in [-0.05, 0) is 0 Å². The minimum absolute atomic E-state index is 0. The van der Waals surface area contributed by atoms with Crippen LogP contribution in [-0.2, 0) is 4.79 Å². The largest absolute Gasteiger partial charge is 0.376 e. The van der Waals surface area contributed by atoms with E-state index >= 15 is 0 Å². The Labute approximate surface area is 58.5 Å². The van der Waals surface area contributed by atoms with Crippen molar-refractivity contribution >= 4 is 18.3 Å². The van der Waals surface area contributed by atoms with Crippen molar-refractivity contribution in [2.45, 2.75) is 12.6 Å². The van der Waals surface area contributed by atoms with Gasteiger partial charge in [-0.3, -0.25) is 0 Å². The van der Waals surface area contributed by atoms with Crippen molar-refractivity contribution in [3.05, 3.63) is 5.70 Å². The van der Waals surface area contributed by atoms with Crippen LogP contribution in [0.25, 0.3) is 0 Å². The molecule has 0 amide bonds. The van der Waals surface area contributed by atoms with E-state index in [1.54, 1.807) is 5.94 Å². The number of carbonyl (C=O) groups excluding carboxylic acids is 1. The maximum atomic E-state index is 12.1. The molecule has 0 aromatic rings. The second-order valence-electron chi connectivity index (χ2n) is 1.76. The van der Waals surface area contributed by atoms with Crippen LogP contribution < -0.4 is 5.32 Å². The van der Waals surface area contributed by atoms with Gasteiger partial charge in [0, 0.05) is 13.0 Å². The van der Waals surface area contributed by atoms with Crippen LogP contribution in [0, 0.1) is 0 Å². The predicted octanol–water partition coefficient (Wildman–Crippen LogP) is 0.455. The van der Waals surface area contributed by atoms with Gasteiger partial charge in [0.1, 0.15) is 12.1 Å². The molecule has 9 heavy (non-hydrogen) atoms. The van der Waals surface area contributed by atoms with Crippen LogP contribution in [0.1, 0.15) is 6.42 Å². The van der Waals surface area contributed by atoms with Gasteiger partial charge >= 0.3 is 0 Å². The summed E-state index contributed by atoms with van der Waals surface area (Å²) in [5.41, 5.74) is 0.359. The van der Waals surface area contributed by atoms with Crippen LogP contribution in [-0.4, -0.2) is 18.7 Å². The second kappa shape index (κ2) is 3.49. The first kappa shape index (κ1) is 8.47. The first-order valence-electron chi connectivity index (χ1n) is 2.45. The van der Waals surface area contributed by atoms with Crippen LogP contribution in [0.4, 0.5) is 4.39 Å². The molecular formula is C5H7ClFNO. The van der Waals surface area contributed by atoms with E-state index in [-0.39, 0.29) is 25.4 Å². The summed E-state index contributed by atoms with van der Waals surface area (Å²) in [5, 5.41) is 2.57. The molecule has 1 atom stereocenters. The molecule has 0 bridgehead atoms. The standard InChI is InChI=1S/C5H6FNO.ClH/c6-4-1-5(3-8)7-2-4;/h4,7H,1-2H2;1H. The lowest BCUT2D eigenvalue weighted by molar-refractivity contribution is 0.363. The maximum Gasteiger partial charge on any atom is 0.145 e. The average molecular weight is 152 g/mol. The molecule has 1 N–H and O–H groups in total. The third-order valence-electron chi connectivity index (χ3n) is 1.09. The highest BCUT2D eigenvalue weighted by Crippen LogP contribution is 2.09. The Hall–Kier alpha value is -0.530. The van der Waals surface area contributed by atoms with Gasteiger partial charge in [0.15, 0.2) is 0 Å². The lowest BCUT2D eigenvalue weighted by atomic mass is 10.3. The van der Waals surface area contributed by atoms with Gasteiger partial charge in [0.05, 0.1) is 5.70 Å². The summed E-state index contributed by atoms with van der Waals surface area (Å²) in [5.74, 6) is 1.61. The molecule has 0 saturated carbocycles. The first-order chi connectivity index (χ1) is 3.83. The zero-order valence-corrected chi connectivity index (χ0v) is 5.50. The molecule has 4 heteroatoms. The molecule has 1 unspecified atom stereocenters. The lowest BCUT2D eigenvalue weighted by Crippen LogP contribution is -2.08. The molecule has 1 heterocycles. The van der Waals surface area contributed by atoms with Gasteiger partial charge in [-0.25, -0.2) is 9.18 Å². The number of hydrogen-bond acceptors (Lipinski definition) is 2. The Morgan fingerprint density at radius 1 is 1.78 bits per heavy atom. The highest BCUT2D eigenvalue weighted by Gasteiger charge is 2.17. The Kier molecular flexibility index (Phi) is 3.28. The summed E-state index contributed by atoms with van der Waals surface area (Å²) in [7, 11) is 0. The van der Waals surface area contributed by atoms with Crippen molar-refractivity contribution < 1.29 is 9.18 Å². The van der Waals surface area contributed by atoms with Gasteiger partial charge in [-0.2, -0.15) is 0 Å². The van der Waals surface area contributed by atoms with Crippen molar-refractivity contribution in [3.63, 3.8) is 0 Å². The van der Waals surface area contributed by atoms with Crippen molar-refractivity contribution in [1.82, 2.24) is 5.32 Å². The normalized spacial score (nSPS) is 24.1. The van der Waals surface area contributed by atoms with Crippen molar-refractivity contribution in [2.75, 3.05) is 6.54 Å². The number of nitrogens with one attached hydrogen (secondary N) is 1. The van der Waals surface area contributed by atoms with Gasteiger partial charge in [0.25, 0.3) is 0 Å². The number of hydrogen-bond donors (Lipinski definition) is 1. The van der Waals surface area contributed by atoms with Crippen LogP contribution in [0.3, 0.4) is 0 Å². The van der Waals surface area contributed by atoms with Crippen molar-refractivity contribution in [1.29, 1.82) is 0 Å². The SMILES string of the molecule is Cl.O=C=C1CC(F)CN1. The Bertz CT molecular complexity index is 144. The molecule has 0 radical (unpaired) electrons. The van der Waals surface area contributed by atoms with E-state index in [1.165, 1.54) is 0 Å². The Balaban J connectivity index is 0.000000640. The smallest absolute Gasteiger partial charge is 0.145 e. The zero-order chi connectivity index (χ0) is 5.98. The molecule has 1 aliphatic heterocycles. The molecule has 1 saturated heterocycles. The van der Waals surface area contributed by atoms with E-state index < -0.39 is 6.17 Å². The third-order valence-corrected chi connectivity index (χ3v) is 1.09.